The molecule has 0 atom stereocenters. The van der Waals surface area contributed by atoms with E-state index >= 15 is 0 Å². The van der Waals surface area contributed by atoms with Gasteiger partial charge in [-0.05, 0) is 51.3 Å². The van der Waals surface area contributed by atoms with Crippen LogP contribution in [0.3, 0.4) is 0 Å². The summed E-state index contributed by atoms with van der Waals surface area (Å²) in [6.45, 7) is 0. The maximum Gasteiger partial charge on any atom is 0.333 e. The SMILES string of the molecule is Cn1c(=O)n(-c2cccnc2OC(c2ccccc2)c2ccccc2)c2cccc(Br)c21. The van der Waals surface area contributed by atoms with E-state index < -0.39 is 0 Å². The molecule has 0 aliphatic carbocycles. The Bertz CT molecular complexity index is 1400. The number of para-hydroxylation sites is 1. The first kappa shape index (κ1) is 20.3. The summed E-state index contributed by atoms with van der Waals surface area (Å²) in [5, 5.41) is 0. The molecule has 3 aromatic carbocycles. The number of imidazole rings is 1. The summed E-state index contributed by atoms with van der Waals surface area (Å²) < 4.78 is 10.7. The van der Waals surface area contributed by atoms with Crippen LogP contribution in [0.4, 0.5) is 0 Å². The molecule has 0 saturated carbocycles. The molecule has 0 fully saturated rings. The van der Waals surface area contributed by atoms with Crippen molar-refractivity contribution in [3.8, 4) is 11.6 Å². The van der Waals surface area contributed by atoms with E-state index in [1.807, 2.05) is 91.0 Å². The number of fused-ring (bicyclic) bond motifs is 1. The molecule has 0 unspecified atom stereocenters. The molecular weight excluding hydrogens is 466 g/mol. The molecule has 5 aromatic rings. The molecular formula is C26H20BrN3O2. The number of halogens is 1. The van der Waals surface area contributed by atoms with Crippen molar-refractivity contribution in [3.63, 3.8) is 0 Å². The van der Waals surface area contributed by atoms with E-state index in [9.17, 15) is 4.79 Å². The monoisotopic (exact) mass is 485 g/mol. The van der Waals surface area contributed by atoms with Crippen molar-refractivity contribution in [1.29, 1.82) is 0 Å². The Morgan fingerprint density at radius 2 is 1.50 bits per heavy atom. The number of aromatic nitrogens is 3. The van der Waals surface area contributed by atoms with Gasteiger partial charge in [0, 0.05) is 17.7 Å². The van der Waals surface area contributed by atoms with Gasteiger partial charge in [-0.15, -0.1) is 0 Å². The molecule has 5 nitrogen and oxygen atoms in total. The van der Waals surface area contributed by atoms with Crippen LogP contribution in [-0.4, -0.2) is 14.1 Å². The van der Waals surface area contributed by atoms with E-state index in [1.165, 1.54) is 0 Å². The van der Waals surface area contributed by atoms with Crippen LogP contribution in [0.5, 0.6) is 5.88 Å². The van der Waals surface area contributed by atoms with Gasteiger partial charge in [-0.1, -0.05) is 66.7 Å². The highest BCUT2D eigenvalue weighted by molar-refractivity contribution is 9.10. The molecule has 158 valence electrons. The number of hydrogen-bond acceptors (Lipinski definition) is 3. The Balaban J connectivity index is 1.68. The standard InChI is InChI=1S/C26H20BrN3O2/c1-29-23-20(27)14-8-15-21(23)30(26(29)31)22-16-9-17-28-25(22)32-24(18-10-4-2-5-11-18)19-12-6-3-7-13-19/h2-17,24H,1H3. The van der Waals surface area contributed by atoms with Gasteiger partial charge in [0.25, 0.3) is 0 Å². The predicted molar refractivity (Wildman–Crippen MR) is 129 cm³/mol. The number of rotatable bonds is 5. The van der Waals surface area contributed by atoms with E-state index in [0.717, 1.165) is 26.6 Å². The molecule has 0 bridgehead atoms. The van der Waals surface area contributed by atoms with E-state index in [0.29, 0.717) is 11.6 Å². The van der Waals surface area contributed by atoms with E-state index in [-0.39, 0.29) is 11.8 Å². The third-order valence-corrected chi connectivity index (χ3v) is 6.09. The number of benzene rings is 3. The normalized spacial score (nSPS) is 11.2. The van der Waals surface area contributed by atoms with Crippen LogP contribution >= 0.6 is 15.9 Å². The fourth-order valence-electron chi connectivity index (χ4n) is 3.94. The first-order valence-electron chi connectivity index (χ1n) is 10.2. The van der Waals surface area contributed by atoms with Crippen LogP contribution in [0.1, 0.15) is 17.2 Å². The highest BCUT2D eigenvalue weighted by Crippen LogP contribution is 2.32. The van der Waals surface area contributed by atoms with Crippen LogP contribution < -0.4 is 10.4 Å². The molecule has 2 aromatic heterocycles. The summed E-state index contributed by atoms with van der Waals surface area (Å²) in [7, 11) is 1.76. The lowest BCUT2D eigenvalue weighted by Crippen LogP contribution is -2.22. The van der Waals surface area contributed by atoms with Gasteiger partial charge in [0.1, 0.15) is 5.69 Å². The third-order valence-electron chi connectivity index (χ3n) is 5.45. The lowest BCUT2D eigenvalue weighted by Gasteiger charge is -2.21. The average molecular weight is 486 g/mol. The zero-order valence-electron chi connectivity index (χ0n) is 17.4. The Morgan fingerprint density at radius 3 is 2.16 bits per heavy atom. The average Bonchev–Trinajstić information content (AvgIpc) is 3.10. The van der Waals surface area contributed by atoms with E-state index in [1.54, 1.807) is 22.4 Å². The highest BCUT2D eigenvalue weighted by Gasteiger charge is 2.22. The summed E-state index contributed by atoms with van der Waals surface area (Å²) in [6, 6.07) is 29.4. The minimum atomic E-state index is -0.372. The summed E-state index contributed by atoms with van der Waals surface area (Å²) >= 11 is 3.57. The lowest BCUT2D eigenvalue weighted by molar-refractivity contribution is 0.236. The van der Waals surface area contributed by atoms with Gasteiger partial charge in [-0.25, -0.2) is 9.78 Å². The molecule has 2 heterocycles. The highest BCUT2D eigenvalue weighted by atomic mass is 79.9. The molecule has 0 amide bonds. The van der Waals surface area contributed by atoms with Crippen LogP contribution in [0.2, 0.25) is 0 Å². The van der Waals surface area contributed by atoms with Gasteiger partial charge in [-0.2, -0.15) is 0 Å². The first-order chi connectivity index (χ1) is 15.6. The van der Waals surface area contributed by atoms with Crippen molar-refractivity contribution in [2.75, 3.05) is 0 Å². The van der Waals surface area contributed by atoms with Crippen LogP contribution in [-0.2, 0) is 7.05 Å². The summed E-state index contributed by atoms with van der Waals surface area (Å²) in [6.07, 6.45) is 1.31. The van der Waals surface area contributed by atoms with Crippen molar-refractivity contribution in [1.82, 2.24) is 14.1 Å². The van der Waals surface area contributed by atoms with Gasteiger partial charge in [0.15, 0.2) is 6.10 Å². The lowest BCUT2D eigenvalue weighted by atomic mass is 10.0. The Labute approximate surface area is 193 Å². The Kier molecular flexibility index (Phi) is 5.37. The second-order valence-electron chi connectivity index (χ2n) is 7.43. The Hall–Kier alpha value is -3.64. The van der Waals surface area contributed by atoms with Gasteiger partial charge >= 0.3 is 5.69 Å². The number of pyridine rings is 1. The molecule has 32 heavy (non-hydrogen) atoms. The summed E-state index contributed by atoms with van der Waals surface area (Å²) in [4.78, 5) is 17.8. The number of ether oxygens (including phenoxy) is 1. The zero-order chi connectivity index (χ0) is 22.1. The second-order valence-corrected chi connectivity index (χ2v) is 8.29. The van der Waals surface area contributed by atoms with Crippen LogP contribution in [0.25, 0.3) is 16.7 Å². The number of aryl methyl sites for hydroxylation is 1. The summed E-state index contributed by atoms with van der Waals surface area (Å²) in [5.74, 6) is 0.389. The summed E-state index contributed by atoms with van der Waals surface area (Å²) in [5.41, 5.74) is 4.03. The molecule has 6 heteroatoms. The quantitative estimate of drug-likeness (QED) is 0.323. The minimum absolute atomic E-state index is 0.166. The van der Waals surface area contributed by atoms with Crippen molar-refractivity contribution in [2.45, 2.75) is 6.10 Å². The smallest absolute Gasteiger partial charge is 0.333 e. The maximum atomic E-state index is 13.2. The topological polar surface area (TPSA) is 49.0 Å². The number of hydrogen-bond donors (Lipinski definition) is 0. The molecule has 0 radical (unpaired) electrons. The third kappa shape index (κ3) is 3.52. The zero-order valence-corrected chi connectivity index (χ0v) is 18.9. The van der Waals surface area contributed by atoms with E-state index in [2.05, 4.69) is 20.9 Å². The second kappa shape index (κ2) is 8.48. The maximum absolute atomic E-state index is 13.2. The van der Waals surface area contributed by atoms with Gasteiger partial charge in [-0.3, -0.25) is 9.13 Å². The van der Waals surface area contributed by atoms with Crippen molar-refractivity contribution >= 4 is 27.0 Å². The fourth-order valence-corrected chi connectivity index (χ4v) is 4.56. The number of nitrogens with zero attached hydrogens (tertiary/aromatic N) is 3. The van der Waals surface area contributed by atoms with Crippen molar-refractivity contribution in [3.05, 3.63) is 123 Å². The molecule has 0 spiro atoms. The minimum Gasteiger partial charge on any atom is -0.463 e. The molecule has 0 N–H and O–H groups in total. The fraction of sp³-hybridized carbons (Fsp3) is 0.0769. The molecule has 0 aliphatic rings. The Morgan fingerprint density at radius 1 is 0.844 bits per heavy atom. The van der Waals surface area contributed by atoms with Crippen molar-refractivity contribution < 1.29 is 4.74 Å². The van der Waals surface area contributed by atoms with Gasteiger partial charge in [0.05, 0.1) is 11.0 Å². The van der Waals surface area contributed by atoms with Crippen LogP contribution in [0.15, 0.2) is 106 Å². The largest absolute Gasteiger partial charge is 0.463 e. The van der Waals surface area contributed by atoms with Gasteiger partial charge in [0.2, 0.25) is 5.88 Å². The van der Waals surface area contributed by atoms with Crippen molar-refractivity contribution in [2.24, 2.45) is 7.05 Å². The van der Waals surface area contributed by atoms with E-state index in [4.69, 9.17) is 4.74 Å². The predicted octanol–water partition coefficient (Wildman–Crippen LogP) is 5.66. The molecule has 0 aliphatic heterocycles. The molecule has 5 rings (SSSR count). The van der Waals surface area contributed by atoms with Gasteiger partial charge < -0.3 is 4.74 Å². The molecule has 0 saturated heterocycles. The van der Waals surface area contributed by atoms with Crippen LogP contribution in [0, 0.1) is 0 Å². The first-order valence-corrected chi connectivity index (χ1v) is 11.0.